The Morgan fingerprint density at radius 3 is 2.38 bits per heavy atom. The predicted molar refractivity (Wildman–Crippen MR) is 147 cm³/mol. The van der Waals surface area contributed by atoms with Crippen LogP contribution in [0.5, 0.6) is 17.2 Å². The third kappa shape index (κ3) is 5.97. The van der Waals surface area contributed by atoms with Crippen molar-refractivity contribution in [3.8, 4) is 17.2 Å². The molecular formula is C31H32N2O6. The van der Waals surface area contributed by atoms with Gasteiger partial charge < -0.3 is 24.2 Å². The van der Waals surface area contributed by atoms with Gasteiger partial charge in [0.1, 0.15) is 23.0 Å². The smallest absolute Gasteiger partial charge is 0.295 e. The average molecular weight is 529 g/mol. The van der Waals surface area contributed by atoms with Crippen molar-refractivity contribution in [3.63, 3.8) is 0 Å². The van der Waals surface area contributed by atoms with E-state index in [2.05, 4.69) is 4.90 Å². The Bertz CT molecular complexity index is 1350. The number of benzene rings is 3. The third-order valence-electron chi connectivity index (χ3n) is 6.87. The molecule has 0 aromatic heterocycles. The lowest BCUT2D eigenvalue weighted by Crippen LogP contribution is -2.42. The molecule has 2 heterocycles. The molecule has 1 N–H and O–H groups in total. The Labute approximate surface area is 228 Å². The van der Waals surface area contributed by atoms with Gasteiger partial charge in [-0.05, 0) is 48.9 Å². The normalized spacial score (nSPS) is 19.3. The second-order valence-electron chi connectivity index (χ2n) is 9.39. The molecule has 202 valence electrons. The van der Waals surface area contributed by atoms with Crippen molar-refractivity contribution in [3.05, 3.63) is 95.6 Å². The number of nitrogens with zero attached hydrogens (tertiary/aromatic N) is 2. The van der Waals surface area contributed by atoms with Crippen LogP contribution in [0.1, 0.15) is 24.1 Å². The Morgan fingerprint density at radius 2 is 1.62 bits per heavy atom. The van der Waals surface area contributed by atoms with Crippen LogP contribution in [0.15, 0.2) is 84.4 Å². The molecule has 1 atom stereocenters. The van der Waals surface area contributed by atoms with Gasteiger partial charge >= 0.3 is 0 Å². The fourth-order valence-corrected chi connectivity index (χ4v) is 4.96. The summed E-state index contributed by atoms with van der Waals surface area (Å²) in [4.78, 5) is 30.6. The highest BCUT2D eigenvalue weighted by Crippen LogP contribution is 2.41. The summed E-state index contributed by atoms with van der Waals surface area (Å²) in [6.07, 6.45) is 0. The van der Waals surface area contributed by atoms with Gasteiger partial charge in [0.15, 0.2) is 0 Å². The number of ketones is 1. The number of rotatable bonds is 9. The van der Waals surface area contributed by atoms with Crippen LogP contribution >= 0.6 is 0 Å². The number of ether oxygens (including phenoxy) is 3. The van der Waals surface area contributed by atoms with E-state index in [4.69, 9.17) is 14.2 Å². The number of para-hydroxylation sites is 1. The van der Waals surface area contributed by atoms with Gasteiger partial charge in [0.25, 0.3) is 11.7 Å². The van der Waals surface area contributed by atoms with Crippen LogP contribution in [0.25, 0.3) is 5.76 Å². The molecule has 1 amide bonds. The van der Waals surface area contributed by atoms with E-state index in [-0.39, 0.29) is 11.3 Å². The van der Waals surface area contributed by atoms with Gasteiger partial charge in [0.05, 0.1) is 31.4 Å². The number of aliphatic hydroxyl groups excluding tert-OH is 1. The Morgan fingerprint density at radius 1 is 0.897 bits per heavy atom. The maximum atomic E-state index is 13.4. The van der Waals surface area contributed by atoms with Crippen molar-refractivity contribution in [2.45, 2.75) is 13.0 Å². The molecule has 0 saturated carbocycles. The standard InChI is InChI=1S/C31H32N2O6/c1-2-38-25-12-7-9-23(21-25)29(34)27-28(22-8-6-13-26(20-22)39-24-10-4-3-5-11-24)33(31(36)30(27)35)15-14-32-16-18-37-19-17-32/h3-13,20-21,28,34H,2,14-19H2,1H3/b29-27+. The molecule has 5 rings (SSSR count). The molecule has 0 aliphatic carbocycles. The zero-order valence-corrected chi connectivity index (χ0v) is 21.9. The van der Waals surface area contributed by atoms with Crippen molar-refractivity contribution in [1.82, 2.24) is 9.80 Å². The number of hydrogen-bond acceptors (Lipinski definition) is 7. The van der Waals surface area contributed by atoms with Gasteiger partial charge in [-0.3, -0.25) is 14.5 Å². The highest BCUT2D eigenvalue weighted by Gasteiger charge is 2.46. The van der Waals surface area contributed by atoms with Gasteiger partial charge in [-0.15, -0.1) is 0 Å². The minimum absolute atomic E-state index is 0.0486. The van der Waals surface area contributed by atoms with E-state index in [1.807, 2.05) is 61.5 Å². The van der Waals surface area contributed by atoms with E-state index in [0.717, 1.165) is 13.1 Å². The van der Waals surface area contributed by atoms with Gasteiger partial charge in [0, 0.05) is 31.7 Å². The maximum Gasteiger partial charge on any atom is 0.295 e. The highest BCUT2D eigenvalue weighted by molar-refractivity contribution is 6.46. The summed E-state index contributed by atoms with van der Waals surface area (Å²) in [7, 11) is 0. The predicted octanol–water partition coefficient (Wildman–Crippen LogP) is 4.63. The van der Waals surface area contributed by atoms with Gasteiger partial charge in [-0.25, -0.2) is 0 Å². The van der Waals surface area contributed by atoms with E-state index in [1.54, 1.807) is 29.2 Å². The molecule has 3 aromatic rings. The number of hydrogen-bond donors (Lipinski definition) is 1. The van der Waals surface area contributed by atoms with Gasteiger partial charge in [-0.2, -0.15) is 0 Å². The Balaban J connectivity index is 1.54. The number of likely N-dealkylation sites (tertiary alicyclic amines) is 1. The van der Waals surface area contributed by atoms with E-state index >= 15 is 0 Å². The van der Waals surface area contributed by atoms with Crippen LogP contribution < -0.4 is 9.47 Å². The molecular weight excluding hydrogens is 496 g/mol. The highest BCUT2D eigenvalue weighted by atomic mass is 16.5. The minimum atomic E-state index is -0.777. The molecule has 2 saturated heterocycles. The average Bonchev–Trinajstić information content (AvgIpc) is 3.22. The van der Waals surface area contributed by atoms with Crippen LogP contribution in [0.4, 0.5) is 0 Å². The molecule has 0 bridgehead atoms. The molecule has 0 spiro atoms. The van der Waals surface area contributed by atoms with Crippen LogP contribution in [0, 0.1) is 0 Å². The maximum absolute atomic E-state index is 13.4. The molecule has 8 nitrogen and oxygen atoms in total. The second-order valence-corrected chi connectivity index (χ2v) is 9.39. The number of morpholine rings is 1. The van der Waals surface area contributed by atoms with Crippen molar-refractivity contribution in [1.29, 1.82) is 0 Å². The van der Waals surface area contributed by atoms with Crippen LogP contribution in [0.3, 0.4) is 0 Å². The Hall–Kier alpha value is -4.14. The lowest BCUT2D eigenvalue weighted by Gasteiger charge is -2.31. The molecule has 3 aromatic carbocycles. The summed E-state index contributed by atoms with van der Waals surface area (Å²) >= 11 is 0. The van der Waals surface area contributed by atoms with Gasteiger partial charge in [-0.1, -0.05) is 42.5 Å². The van der Waals surface area contributed by atoms with E-state index in [1.165, 1.54) is 0 Å². The first-order valence-corrected chi connectivity index (χ1v) is 13.2. The molecule has 2 aliphatic heterocycles. The Kier molecular flexibility index (Phi) is 8.24. The quantitative estimate of drug-likeness (QED) is 0.246. The molecule has 0 radical (unpaired) electrons. The third-order valence-corrected chi connectivity index (χ3v) is 6.87. The summed E-state index contributed by atoms with van der Waals surface area (Å²) in [5.74, 6) is 0.224. The topological polar surface area (TPSA) is 88.5 Å². The fourth-order valence-electron chi connectivity index (χ4n) is 4.96. The monoisotopic (exact) mass is 528 g/mol. The van der Waals surface area contributed by atoms with E-state index < -0.39 is 17.7 Å². The number of carbonyl (C=O) groups is 2. The molecule has 2 fully saturated rings. The number of Topliss-reactive ketones (excluding diaryl/α,β-unsaturated/α-hetero) is 1. The first-order valence-electron chi connectivity index (χ1n) is 13.2. The summed E-state index contributed by atoms with van der Waals surface area (Å²) in [5, 5.41) is 11.4. The zero-order chi connectivity index (χ0) is 27.2. The summed E-state index contributed by atoms with van der Waals surface area (Å²) in [5.41, 5.74) is 1.13. The minimum Gasteiger partial charge on any atom is -0.507 e. The zero-order valence-electron chi connectivity index (χ0n) is 21.9. The molecule has 8 heteroatoms. The fraction of sp³-hybridized carbons (Fsp3) is 0.290. The largest absolute Gasteiger partial charge is 0.507 e. The van der Waals surface area contributed by atoms with Crippen molar-refractivity contribution in [2.24, 2.45) is 0 Å². The number of carbonyl (C=O) groups excluding carboxylic acids is 2. The van der Waals surface area contributed by atoms with E-state index in [0.29, 0.717) is 61.3 Å². The van der Waals surface area contributed by atoms with Crippen molar-refractivity contribution >= 4 is 17.4 Å². The van der Waals surface area contributed by atoms with Crippen molar-refractivity contribution in [2.75, 3.05) is 46.0 Å². The van der Waals surface area contributed by atoms with Crippen molar-refractivity contribution < 1.29 is 28.9 Å². The lowest BCUT2D eigenvalue weighted by atomic mass is 9.95. The van der Waals surface area contributed by atoms with Gasteiger partial charge in [0.2, 0.25) is 0 Å². The van der Waals surface area contributed by atoms with Crippen LogP contribution in [0.2, 0.25) is 0 Å². The summed E-state index contributed by atoms with van der Waals surface area (Å²) < 4.78 is 17.1. The number of aliphatic hydroxyl groups is 1. The van der Waals surface area contributed by atoms with E-state index in [9.17, 15) is 14.7 Å². The van der Waals surface area contributed by atoms with Crippen LogP contribution in [-0.4, -0.2) is 72.6 Å². The molecule has 1 unspecified atom stereocenters. The summed E-state index contributed by atoms with van der Waals surface area (Å²) in [6.45, 7) is 6.05. The lowest BCUT2D eigenvalue weighted by molar-refractivity contribution is -0.140. The first kappa shape index (κ1) is 26.5. The summed E-state index contributed by atoms with van der Waals surface area (Å²) in [6, 6.07) is 22.8. The molecule has 39 heavy (non-hydrogen) atoms. The number of amides is 1. The SMILES string of the molecule is CCOc1cccc(/C(O)=C2\C(=O)C(=O)N(CCN3CCOCC3)C2c2cccc(Oc3ccccc3)c2)c1. The second kappa shape index (κ2) is 12.1. The molecule has 2 aliphatic rings. The first-order chi connectivity index (χ1) is 19.0. The van der Waals surface area contributed by atoms with Crippen LogP contribution in [-0.2, 0) is 14.3 Å².